The van der Waals surface area contributed by atoms with Crippen molar-refractivity contribution >= 4 is 21.6 Å². The zero-order chi connectivity index (χ0) is 15.3. The summed E-state index contributed by atoms with van der Waals surface area (Å²) in [6.07, 6.45) is 3.38. The van der Waals surface area contributed by atoms with E-state index >= 15 is 0 Å². The second-order valence-corrected chi connectivity index (χ2v) is 7.43. The van der Waals surface area contributed by atoms with E-state index in [1.165, 1.54) is 23.2 Å². The van der Waals surface area contributed by atoms with Crippen molar-refractivity contribution in [2.45, 2.75) is 45.6 Å². The highest BCUT2D eigenvalue weighted by Crippen LogP contribution is 2.22. The van der Waals surface area contributed by atoms with E-state index in [1.807, 2.05) is 0 Å². The Morgan fingerprint density at radius 3 is 2.43 bits per heavy atom. The highest BCUT2D eigenvalue weighted by molar-refractivity contribution is 9.10. The zero-order valence-electron chi connectivity index (χ0n) is 13.1. The summed E-state index contributed by atoms with van der Waals surface area (Å²) in [5.41, 5.74) is 4.16. The summed E-state index contributed by atoms with van der Waals surface area (Å²) in [6, 6.07) is 17.2. The molecule has 2 rings (SSSR count). The van der Waals surface area contributed by atoms with E-state index < -0.39 is 0 Å². The number of nitrogens with one attached hydrogen (secondary N) is 1. The Balaban J connectivity index is 1.97. The molecule has 0 unspecified atom stereocenters. The molecular weight excluding hydrogens is 322 g/mol. The van der Waals surface area contributed by atoms with Crippen LogP contribution < -0.4 is 5.32 Å². The van der Waals surface area contributed by atoms with Gasteiger partial charge < -0.3 is 5.32 Å². The van der Waals surface area contributed by atoms with Crippen LogP contribution in [0.4, 0.5) is 5.69 Å². The second kappa shape index (κ2) is 7.13. The van der Waals surface area contributed by atoms with E-state index in [9.17, 15) is 0 Å². The first-order chi connectivity index (χ1) is 9.94. The van der Waals surface area contributed by atoms with E-state index in [2.05, 4.69) is 90.5 Å². The van der Waals surface area contributed by atoms with Gasteiger partial charge in [-0.05, 0) is 69.4 Å². The van der Waals surface area contributed by atoms with Gasteiger partial charge in [0.15, 0.2) is 0 Å². The SMILES string of the molecule is CC(C)(C)Nc1ccccc1CCCc1cccc(Br)c1. The van der Waals surface area contributed by atoms with Crippen LogP contribution in [0.2, 0.25) is 0 Å². The average Bonchev–Trinajstić information content (AvgIpc) is 2.39. The lowest BCUT2D eigenvalue weighted by atomic mass is 10.0. The van der Waals surface area contributed by atoms with Crippen LogP contribution in [0.5, 0.6) is 0 Å². The number of hydrogen-bond acceptors (Lipinski definition) is 1. The lowest BCUT2D eigenvalue weighted by Crippen LogP contribution is -2.26. The van der Waals surface area contributed by atoms with Gasteiger partial charge in [-0.15, -0.1) is 0 Å². The fraction of sp³-hybridized carbons (Fsp3) is 0.368. The Bertz CT molecular complexity index is 584. The fourth-order valence-corrected chi connectivity index (χ4v) is 2.89. The van der Waals surface area contributed by atoms with Crippen LogP contribution in [-0.2, 0) is 12.8 Å². The number of hydrogen-bond donors (Lipinski definition) is 1. The molecule has 2 heteroatoms. The van der Waals surface area contributed by atoms with Crippen molar-refractivity contribution in [1.82, 2.24) is 0 Å². The number of benzene rings is 2. The van der Waals surface area contributed by atoms with Gasteiger partial charge in [-0.1, -0.05) is 46.3 Å². The molecule has 0 aliphatic rings. The molecule has 0 saturated carbocycles. The molecule has 1 nitrogen and oxygen atoms in total. The fourth-order valence-electron chi connectivity index (χ4n) is 2.44. The van der Waals surface area contributed by atoms with Crippen LogP contribution in [0.3, 0.4) is 0 Å². The van der Waals surface area contributed by atoms with Crippen molar-refractivity contribution in [3.63, 3.8) is 0 Å². The summed E-state index contributed by atoms with van der Waals surface area (Å²) < 4.78 is 1.16. The second-order valence-electron chi connectivity index (χ2n) is 6.52. The van der Waals surface area contributed by atoms with Crippen molar-refractivity contribution in [2.75, 3.05) is 5.32 Å². The van der Waals surface area contributed by atoms with E-state index in [1.54, 1.807) is 0 Å². The molecule has 0 radical (unpaired) electrons. The predicted molar refractivity (Wildman–Crippen MR) is 96.0 cm³/mol. The molecule has 2 aromatic carbocycles. The average molecular weight is 346 g/mol. The van der Waals surface area contributed by atoms with Gasteiger partial charge >= 0.3 is 0 Å². The van der Waals surface area contributed by atoms with Gasteiger partial charge in [-0.25, -0.2) is 0 Å². The molecule has 0 fully saturated rings. The minimum Gasteiger partial charge on any atom is -0.380 e. The first kappa shape index (κ1) is 16.1. The van der Waals surface area contributed by atoms with Gasteiger partial charge in [0.05, 0.1) is 0 Å². The molecule has 1 N–H and O–H groups in total. The molecule has 112 valence electrons. The molecule has 0 aliphatic heterocycles. The third kappa shape index (κ3) is 5.55. The maximum absolute atomic E-state index is 3.60. The smallest absolute Gasteiger partial charge is 0.0376 e. The van der Waals surface area contributed by atoms with Crippen molar-refractivity contribution in [2.24, 2.45) is 0 Å². The van der Waals surface area contributed by atoms with Crippen molar-refractivity contribution < 1.29 is 0 Å². The van der Waals surface area contributed by atoms with Crippen LogP contribution in [0.15, 0.2) is 53.0 Å². The summed E-state index contributed by atoms with van der Waals surface area (Å²) in [5, 5.41) is 3.60. The first-order valence-corrected chi connectivity index (χ1v) is 8.34. The molecule has 0 aliphatic carbocycles. The third-order valence-corrected chi connectivity index (χ3v) is 3.82. The van der Waals surface area contributed by atoms with Crippen molar-refractivity contribution in [3.8, 4) is 0 Å². The molecule has 0 heterocycles. The molecule has 0 amide bonds. The van der Waals surface area contributed by atoms with E-state index in [0.29, 0.717) is 0 Å². The maximum atomic E-state index is 3.60. The van der Waals surface area contributed by atoms with Gasteiger partial charge in [-0.2, -0.15) is 0 Å². The minimum atomic E-state index is 0.0976. The standard InChI is InChI=1S/C19H24BrN/c1-19(2,3)21-18-13-5-4-10-16(18)11-6-8-15-9-7-12-17(20)14-15/h4-5,7,9-10,12-14,21H,6,8,11H2,1-3H3. The summed E-state index contributed by atoms with van der Waals surface area (Å²) in [4.78, 5) is 0. The molecule has 21 heavy (non-hydrogen) atoms. The van der Waals surface area contributed by atoms with Gasteiger partial charge in [0, 0.05) is 15.7 Å². The Labute approximate surface area is 136 Å². The summed E-state index contributed by atoms with van der Waals surface area (Å²) >= 11 is 3.53. The van der Waals surface area contributed by atoms with Crippen LogP contribution in [-0.4, -0.2) is 5.54 Å². The quantitative estimate of drug-likeness (QED) is 0.718. The largest absolute Gasteiger partial charge is 0.380 e. The van der Waals surface area contributed by atoms with Gasteiger partial charge in [-0.3, -0.25) is 0 Å². The van der Waals surface area contributed by atoms with Crippen molar-refractivity contribution in [1.29, 1.82) is 0 Å². The third-order valence-electron chi connectivity index (χ3n) is 3.33. The lowest BCUT2D eigenvalue weighted by molar-refractivity contribution is 0.632. The number of para-hydroxylation sites is 1. The Kier molecular flexibility index (Phi) is 5.46. The Morgan fingerprint density at radius 2 is 1.71 bits per heavy atom. The normalized spacial score (nSPS) is 11.4. The molecule has 0 atom stereocenters. The highest BCUT2D eigenvalue weighted by atomic mass is 79.9. The molecular formula is C19H24BrN. The molecule has 0 saturated heterocycles. The monoisotopic (exact) mass is 345 g/mol. The molecule has 0 spiro atoms. The van der Waals surface area contributed by atoms with Crippen LogP contribution in [0.25, 0.3) is 0 Å². The topological polar surface area (TPSA) is 12.0 Å². The van der Waals surface area contributed by atoms with Crippen LogP contribution in [0, 0.1) is 0 Å². The van der Waals surface area contributed by atoms with Gasteiger partial charge in [0.25, 0.3) is 0 Å². The van der Waals surface area contributed by atoms with Gasteiger partial charge in [0.1, 0.15) is 0 Å². The van der Waals surface area contributed by atoms with Gasteiger partial charge in [0.2, 0.25) is 0 Å². The Hall–Kier alpha value is -1.28. The highest BCUT2D eigenvalue weighted by Gasteiger charge is 2.11. The zero-order valence-corrected chi connectivity index (χ0v) is 14.7. The lowest BCUT2D eigenvalue weighted by Gasteiger charge is -2.24. The number of aryl methyl sites for hydroxylation is 2. The summed E-state index contributed by atoms with van der Waals surface area (Å²) in [6.45, 7) is 6.60. The Morgan fingerprint density at radius 1 is 0.952 bits per heavy atom. The summed E-state index contributed by atoms with van der Waals surface area (Å²) in [7, 11) is 0. The predicted octanol–water partition coefficient (Wildman–Crippen LogP) is 5.83. The summed E-state index contributed by atoms with van der Waals surface area (Å²) in [5.74, 6) is 0. The van der Waals surface area contributed by atoms with E-state index in [0.717, 1.165) is 17.3 Å². The number of rotatable bonds is 5. The molecule has 0 aromatic heterocycles. The van der Waals surface area contributed by atoms with Crippen molar-refractivity contribution in [3.05, 3.63) is 64.1 Å². The first-order valence-electron chi connectivity index (χ1n) is 7.54. The molecule has 0 bridgehead atoms. The van der Waals surface area contributed by atoms with E-state index in [4.69, 9.17) is 0 Å². The molecule has 2 aromatic rings. The number of anilines is 1. The minimum absolute atomic E-state index is 0.0976. The van der Waals surface area contributed by atoms with E-state index in [-0.39, 0.29) is 5.54 Å². The number of halogens is 1. The van der Waals surface area contributed by atoms with Crippen LogP contribution >= 0.6 is 15.9 Å². The maximum Gasteiger partial charge on any atom is 0.0376 e. The van der Waals surface area contributed by atoms with Crippen LogP contribution in [0.1, 0.15) is 38.3 Å².